The van der Waals surface area contributed by atoms with E-state index in [1.165, 1.54) is 0 Å². The SMILES string of the molecule is COCN1CC(c2cccc(OC)n2)OC2(CCN(C(=O)c3ccc(OC(C)C)c(C)c3)CC2)C1. The van der Waals surface area contributed by atoms with E-state index in [4.69, 9.17) is 18.9 Å². The molecule has 3 heterocycles. The first-order chi connectivity index (χ1) is 16.8. The van der Waals surface area contributed by atoms with Crippen LogP contribution >= 0.6 is 0 Å². The molecule has 1 unspecified atom stereocenters. The lowest BCUT2D eigenvalue weighted by molar-refractivity contribution is -0.188. The fourth-order valence-electron chi connectivity index (χ4n) is 4.99. The van der Waals surface area contributed by atoms with Gasteiger partial charge in [0.05, 0.1) is 31.2 Å². The van der Waals surface area contributed by atoms with Gasteiger partial charge in [0.1, 0.15) is 11.9 Å². The summed E-state index contributed by atoms with van der Waals surface area (Å²) in [6, 6.07) is 11.4. The van der Waals surface area contributed by atoms with E-state index in [1.54, 1.807) is 14.2 Å². The molecule has 2 aliphatic rings. The maximum Gasteiger partial charge on any atom is 0.253 e. The van der Waals surface area contributed by atoms with Gasteiger partial charge in [-0.1, -0.05) is 6.07 Å². The average Bonchev–Trinajstić information content (AvgIpc) is 2.85. The predicted molar refractivity (Wildman–Crippen MR) is 133 cm³/mol. The highest BCUT2D eigenvalue weighted by molar-refractivity contribution is 5.94. The molecule has 0 bridgehead atoms. The van der Waals surface area contributed by atoms with Gasteiger partial charge in [0, 0.05) is 44.9 Å². The zero-order valence-corrected chi connectivity index (χ0v) is 21.5. The van der Waals surface area contributed by atoms with Crippen LogP contribution in [-0.2, 0) is 9.47 Å². The highest BCUT2D eigenvalue weighted by atomic mass is 16.5. The van der Waals surface area contributed by atoms with E-state index >= 15 is 0 Å². The van der Waals surface area contributed by atoms with Crippen LogP contribution in [0.4, 0.5) is 0 Å². The molecule has 1 atom stereocenters. The summed E-state index contributed by atoms with van der Waals surface area (Å²) in [6.07, 6.45) is 1.42. The van der Waals surface area contributed by atoms with Crippen LogP contribution in [0.2, 0.25) is 0 Å². The van der Waals surface area contributed by atoms with Gasteiger partial charge >= 0.3 is 0 Å². The molecule has 2 saturated heterocycles. The summed E-state index contributed by atoms with van der Waals surface area (Å²) in [6.45, 7) is 9.25. The Morgan fingerprint density at radius 3 is 2.63 bits per heavy atom. The van der Waals surface area contributed by atoms with Crippen LogP contribution < -0.4 is 9.47 Å². The summed E-state index contributed by atoms with van der Waals surface area (Å²) < 4.78 is 23.3. The molecule has 0 aliphatic carbocycles. The maximum absolute atomic E-state index is 13.3. The van der Waals surface area contributed by atoms with Crippen molar-refractivity contribution in [2.45, 2.75) is 51.4 Å². The maximum atomic E-state index is 13.3. The smallest absolute Gasteiger partial charge is 0.253 e. The van der Waals surface area contributed by atoms with Gasteiger partial charge < -0.3 is 23.8 Å². The molecule has 35 heavy (non-hydrogen) atoms. The number of morpholine rings is 1. The Kier molecular flexibility index (Phi) is 7.94. The van der Waals surface area contributed by atoms with Crippen molar-refractivity contribution in [3.63, 3.8) is 0 Å². The topological polar surface area (TPSA) is 73.4 Å². The van der Waals surface area contributed by atoms with Crippen molar-refractivity contribution in [3.05, 3.63) is 53.2 Å². The standard InChI is InChI=1S/C27H37N3O5/c1-19(2)34-23-10-9-21(15-20(23)3)26(31)30-13-11-27(12-14-30)17-29(18-32-4)16-24(35-27)22-7-6-8-25(28-22)33-5/h6-10,15,19,24H,11-14,16-18H2,1-5H3. The van der Waals surface area contributed by atoms with E-state index in [2.05, 4.69) is 9.88 Å². The molecule has 1 aromatic carbocycles. The third-order valence-electron chi connectivity index (χ3n) is 6.67. The van der Waals surface area contributed by atoms with Crippen molar-refractivity contribution in [2.75, 3.05) is 47.1 Å². The third kappa shape index (κ3) is 5.94. The second kappa shape index (κ2) is 10.9. The van der Waals surface area contributed by atoms with Gasteiger partial charge in [0.15, 0.2) is 0 Å². The number of aromatic nitrogens is 1. The molecule has 1 spiro atoms. The number of hydrogen-bond acceptors (Lipinski definition) is 7. The van der Waals surface area contributed by atoms with Crippen LogP contribution in [0.3, 0.4) is 0 Å². The molecule has 0 N–H and O–H groups in total. The summed E-state index contributed by atoms with van der Waals surface area (Å²) >= 11 is 0. The van der Waals surface area contributed by atoms with Crippen molar-refractivity contribution >= 4 is 5.91 Å². The van der Waals surface area contributed by atoms with Crippen LogP contribution in [0.1, 0.15) is 54.4 Å². The van der Waals surface area contributed by atoms with Crippen LogP contribution in [0.15, 0.2) is 36.4 Å². The number of hydrogen-bond donors (Lipinski definition) is 0. The quantitative estimate of drug-likeness (QED) is 0.592. The second-order valence-corrected chi connectivity index (χ2v) is 9.76. The Hall–Kier alpha value is -2.68. The number of ether oxygens (including phenoxy) is 4. The summed E-state index contributed by atoms with van der Waals surface area (Å²) in [4.78, 5) is 22.1. The monoisotopic (exact) mass is 483 g/mol. The van der Waals surface area contributed by atoms with Crippen LogP contribution in [-0.4, -0.2) is 79.5 Å². The minimum Gasteiger partial charge on any atom is -0.491 e. The first-order valence-electron chi connectivity index (χ1n) is 12.3. The second-order valence-electron chi connectivity index (χ2n) is 9.76. The van der Waals surface area contributed by atoms with Crippen molar-refractivity contribution in [1.29, 1.82) is 0 Å². The molecule has 1 amide bonds. The van der Waals surface area contributed by atoms with Crippen LogP contribution in [0, 0.1) is 6.92 Å². The number of nitrogens with zero attached hydrogens (tertiary/aromatic N) is 3. The van der Waals surface area contributed by atoms with Gasteiger partial charge in [0.25, 0.3) is 5.91 Å². The number of likely N-dealkylation sites (tertiary alicyclic amines) is 1. The van der Waals surface area contributed by atoms with Crippen molar-refractivity contribution in [3.8, 4) is 11.6 Å². The van der Waals surface area contributed by atoms with Gasteiger partial charge in [-0.3, -0.25) is 9.69 Å². The number of aryl methyl sites for hydroxylation is 1. The Bertz CT molecular complexity index is 1020. The fraction of sp³-hybridized carbons (Fsp3) is 0.556. The molecule has 0 radical (unpaired) electrons. The molecule has 8 nitrogen and oxygen atoms in total. The molecular formula is C27H37N3O5. The number of amides is 1. The zero-order valence-electron chi connectivity index (χ0n) is 21.5. The number of benzene rings is 1. The minimum atomic E-state index is -0.353. The lowest BCUT2D eigenvalue weighted by atomic mass is 9.88. The third-order valence-corrected chi connectivity index (χ3v) is 6.67. The number of piperidine rings is 1. The number of pyridine rings is 1. The Morgan fingerprint density at radius 2 is 1.97 bits per heavy atom. The Morgan fingerprint density at radius 1 is 1.20 bits per heavy atom. The Labute approximate surface area is 208 Å². The van der Waals surface area contributed by atoms with Crippen molar-refractivity contribution in [1.82, 2.24) is 14.8 Å². The molecular weight excluding hydrogens is 446 g/mol. The normalized spacial score (nSPS) is 20.3. The van der Waals surface area contributed by atoms with E-state index in [9.17, 15) is 4.79 Å². The van der Waals surface area contributed by atoms with Crippen molar-refractivity contribution in [2.24, 2.45) is 0 Å². The summed E-state index contributed by atoms with van der Waals surface area (Å²) in [5.74, 6) is 1.44. The highest BCUT2D eigenvalue weighted by Gasteiger charge is 2.44. The van der Waals surface area contributed by atoms with E-state index < -0.39 is 0 Å². The van der Waals surface area contributed by atoms with E-state index in [1.807, 2.05) is 62.1 Å². The van der Waals surface area contributed by atoms with Gasteiger partial charge in [-0.15, -0.1) is 0 Å². The minimum absolute atomic E-state index is 0.0506. The predicted octanol–water partition coefficient (Wildman–Crippen LogP) is 3.84. The Balaban J connectivity index is 1.45. The molecule has 0 saturated carbocycles. The molecule has 1 aromatic heterocycles. The number of rotatable bonds is 7. The first-order valence-corrected chi connectivity index (χ1v) is 12.3. The van der Waals surface area contributed by atoms with Crippen molar-refractivity contribution < 1.29 is 23.7 Å². The van der Waals surface area contributed by atoms with Crippen LogP contribution in [0.25, 0.3) is 0 Å². The van der Waals surface area contributed by atoms with Gasteiger partial charge in [-0.2, -0.15) is 0 Å². The molecule has 2 aromatic rings. The van der Waals surface area contributed by atoms with Gasteiger partial charge in [-0.25, -0.2) is 4.98 Å². The summed E-state index contributed by atoms with van der Waals surface area (Å²) in [5, 5.41) is 0. The van der Waals surface area contributed by atoms with E-state index in [0.717, 1.165) is 36.4 Å². The zero-order chi connectivity index (χ0) is 25.0. The average molecular weight is 484 g/mol. The van der Waals surface area contributed by atoms with Crippen LogP contribution in [0.5, 0.6) is 11.6 Å². The molecule has 8 heteroatoms. The molecule has 2 fully saturated rings. The number of carbonyl (C=O) groups excluding carboxylic acids is 1. The fourth-order valence-corrected chi connectivity index (χ4v) is 4.99. The largest absolute Gasteiger partial charge is 0.491 e. The molecule has 2 aliphatic heterocycles. The first kappa shape index (κ1) is 25.4. The lowest BCUT2D eigenvalue weighted by Crippen LogP contribution is -2.58. The van der Waals surface area contributed by atoms with Gasteiger partial charge in [0.2, 0.25) is 5.88 Å². The van der Waals surface area contributed by atoms with E-state index in [0.29, 0.717) is 37.8 Å². The summed E-state index contributed by atoms with van der Waals surface area (Å²) in [5.41, 5.74) is 2.16. The highest BCUT2D eigenvalue weighted by Crippen LogP contribution is 2.38. The van der Waals surface area contributed by atoms with Gasteiger partial charge in [-0.05, 0) is 63.4 Å². The number of methoxy groups -OCH3 is 2. The molecule has 4 rings (SSSR count). The van der Waals surface area contributed by atoms with E-state index in [-0.39, 0.29) is 23.7 Å². The number of carbonyl (C=O) groups is 1. The summed E-state index contributed by atoms with van der Waals surface area (Å²) in [7, 11) is 3.33. The lowest BCUT2D eigenvalue weighted by Gasteiger charge is -2.49. The molecule has 190 valence electrons.